The smallest absolute Gasteiger partial charge is 0.123 e. The molecule has 0 saturated heterocycles. The van der Waals surface area contributed by atoms with E-state index in [4.69, 9.17) is 0 Å². The summed E-state index contributed by atoms with van der Waals surface area (Å²) in [5.74, 6) is -0.186. The number of nitrogens with one attached hydrogen (secondary N) is 1. The van der Waals surface area contributed by atoms with Gasteiger partial charge in [-0.3, -0.25) is 0 Å². The highest BCUT2D eigenvalue weighted by molar-refractivity contribution is 7.98. The second-order valence-electron chi connectivity index (χ2n) is 4.41. The summed E-state index contributed by atoms with van der Waals surface area (Å²) in [7, 11) is 1.96. The Kier molecular flexibility index (Phi) is 5.00. The number of rotatable bonds is 5. The zero-order chi connectivity index (χ0) is 13.7. The molecule has 2 aromatic rings. The van der Waals surface area contributed by atoms with Crippen molar-refractivity contribution >= 4 is 11.8 Å². The van der Waals surface area contributed by atoms with E-state index in [1.54, 1.807) is 11.8 Å². The van der Waals surface area contributed by atoms with Crippen molar-refractivity contribution in [3.05, 3.63) is 65.5 Å². The minimum absolute atomic E-state index is 0.186. The molecule has 0 aromatic heterocycles. The van der Waals surface area contributed by atoms with Crippen molar-refractivity contribution in [2.24, 2.45) is 0 Å². The number of thioether (sulfide) groups is 1. The molecule has 19 heavy (non-hydrogen) atoms. The van der Waals surface area contributed by atoms with E-state index in [-0.39, 0.29) is 11.9 Å². The van der Waals surface area contributed by atoms with E-state index in [9.17, 15) is 4.39 Å². The van der Waals surface area contributed by atoms with Gasteiger partial charge in [0.15, 0.2) is 0 Å². The molecule has 3 heteroatoms. The van der Waals surface area contributed by atoms with Gasteiger partial charge in [-0.2, -0.15) is 0 Å². The lowest BCUT2D eigenvalue weighted by molar-refractivity contribution is 0.580. The molecule has 0 bridgehead atoms. The van der Waals surface area contributed by atoms with Crippen molar-refractivity contribution in [1.29, 1.82) is 0 Å². The Labute approximate surface area is 118 Å². The SMILES string of the molecule is CNC(Cc1ccc(F)cc1)c1ccccc1SC. The van der Waals surface area contributed by atoms with Gasteiger partial charge in [-0.15, -0.1) is 11.8 Å². The molecule has 0 aliphatic heterocycles. The molecule has 0 aliphatic carbocycles. The monoisotopic (exact) mass is 275 g/mol. The molecule has 1 unspecified atom stereocenters. The van der Waals surface area contributed by atoms with Crippen LogP contribution in [0.2, 0.25) is 0 Å². The molecule has 2 aromatic carbocycles. The number of likely N-dealkylation sites (N-methyl/N-ethyl adjacent to an activating group) is 1. The van der Waals surface area contributed by atoms with Gasteiger partial charge in [-0.05, 0) is 49.1 Å². The van der Waals surface area contributed by atoms with E-state index in [1.165, 1.54) is 22.6 Å². The van der Waals surface area contributed by atoms with Crippen LogP contribution in [0.25, 0.3) is 0 Å². The Morgan fingerprint density at radius 3 is 2.42 bits per heavy atom. The predicted octanol–water partition coefficient (Wildman–Crippen LogP) is 4.05. The third-order valence-corrected chi connectivity index (χ3v) is 4.03. The number of benzene rings is 2. The van der Waals surface area contributed by atoms with Gasteiger partial charge in [0.05, 0.1) is 0 Å². The first-order valence-electron chi connectivity index (χ1n) is 6.29. The summed E-state index contributed by atoms with van der Waals surface area (Å²) in [6, 6.07) is 15.4. The maximum Gasteiger partial charge on any atom is 0.123 e. The predicted molar refractivity (Wildman–Crippen MR) is 80.1 cm³/mol. The van der Waals surface area contributed by atoms with E-state index in [0.717, 1.165) is 12.0 Å². The molecule has 0 radical (unpaired) electrons. The maximum atomic E-state index is 12.9. The van der Waals surface area contributed by atoms with Gasteiger partial charge < -0.3 is 5.32 Å². The molecule has 100 valence electrons. The molecular formula is C16H18FNS. The first kappa shape index (κ1) is 14.1. The molecule has 0 heterocycles. The molecule has 0 amide bonds. The summed E-state index contributed by atoms with van der Waals surface area (Å²) < 4.78 is 12.9. The number of hydrogen-bond donors (Lipinski definition) is 1. The molecule has 0 fully saturated rings. The van der Waals surface area contributed by atoms with Crippen LogP contribution in [0, 0.1) is 5.82 Å². The zero-order valence-corrected chi connectivity index (χ0v) is 12.0. The van der Waals surface area contributed by atoms with Crippen molar-refractivity contribution < 1.29 is 4.39 Å². The van der Waals surface area contributed by atoms with Crippen LogP contribution in [0.1, 0.15) is 17.2 Å². The molecular weight excluding hydrogens is 257 g/mol. The van der Waals surface area contributed by atoms with Gasteiger partial charge >= 0.3 is 0 Å². The summed E-state index contributed by atoms with van der Waals surface area (Å²) in [5, 5.41) is 3.35. The molecule has 1 N–H and O–H groups in total. The van der Waals surface area contributed by atoms with Crippen molar-refractivity contribution in [3.63, 3.8) is 0 Å². The first-order chi connectivity index (χ1) is 9.24. The van der Waals surface area contributed by atoms with Gasteiger partial charge in [0.1, 0.15) is 5.82 Å². The minimum Gasteiger partial charge on any atom is -0.313 e. The van der Waals surface area contributed by atoms with Crippen LogP contribution in [0.15, 0.2) is 53.4 Å². The average molecular weight is 275 g/mol. The van der Waals surface area contributed by atoms with Crippen LogP contribution in [0.4, 0.5) is 4.39 Å². The molecule has 0 spiro atoms. The Balaban J connectivity index is 2.22. The lowest BCUT2D eigenvalue weighted by Gasteiger charge is -2.19. The second-order valence-corrected chi connectivity index (χ2v) is 5.26. The maximum absolute atomic E-state index is 12.9. The standard InChI is InChI=1S/C16H18FNS/c1-18-15(11-12-7-9-13(17)10-8-12)14-5-3-4-6-16(14)19-2/h3-10,15,18H,11H2,1-2H3. The molecule has 2 rings (SSSR count). The van der Waals surface area contributed by atoms with Crippen LogP contribution in [-0.2, 0) is 6.42 Å². The Morgan fingerprint density at radius 2 is 1.79 bits per heavy atom. The highest BCUT2D eigenvalue weighted by Gasteiger charge is 2.13. The number of halogens is 1. The number of hydrogen-bond acceptors (Lipinski definition) is 2. The lowest BCUT2D eigenvalue weighted by Crippen LogP contribution is -2.19. The summed E-state index contributed by atoms with van der Waals surface area (Å²) in [5.41, 5.74) is 2.43. The molecule has 1 atom stereocenters. The van der Waals surface area contributed by atoms with Crippen LogP contribution in [0.3, 0.4) is 0 Å². The summed E-state index contributed by atoms with van der Waals surface area (Å²) in [6.07, 6.45) is 2.94. The average Bonchev–Trinajstić information content (AvgIpc) is 2.46. The van der Waals surface area contributed by atoms with Crippen molar-refractivity contribution in [3.8, 4) is 0 Å². The first-order valence-corrected chi connectivity index (χ1v) is 7.51. The highest BCUT2D eigenvalue weighted by atomic mass is 32.2. The van der Waals surface area contributed by atoms with E-state index in [2.05, 4.69) is 35.8 Å². The van der Waals surface area contributed by atoms with Crippen LogP contribution < -0.4 is 5.32 Å². The molecule has 1 nitrogen and oxygen atoms in total. The van der Waals surface area contributed by atoms with Crippen LogP contribution >= 0.6 is 11.8 Å². The molecule has 0 saturated carbocycles. The van der Waals surface area contributed by atoms with Gasteiger partial charge in [0.25, 0.3) is 0 Å². The van der Waals surface area contributed by atoms with E-state index in [1.807, 2.05) is 19.2 Å². The van der Waals surface area contributed by atoms with Gasteiger partial charge in [-0.1, -0.05) is 30.3 Å². The summed E-state index contributed by atoms with van der Waals surface area (Å²) in [6.45, 7) is 0. The lowest BCUT2D eigenvalue weighted by atomic mass is 9.99. The normalized spacial score (nSPS) is 12.4. The van der Waals surface area contributed by atoms with E-state index >= 15 is 0 Å². The summed E-state index contributed by atoms with van der Waals surface area (Å²) in [4.78, 5) is 1.28. The fraction of sp³-hybridized carbons (Fsp3) is 0.250. The van der Waals surface area contributed by atoms with Crippen LogP contribution in [0.5, 0.6) is 0 Å². The third-order valence-electron chi connectivity index (χ3n) is 3.22. The zero-order valence-electron chi connectivity index (χ0n) is 11.2. The Morgan fingerprint density at radius 1 is 1.11 bits per heavy atom. The fourth-order valence-electron chi connectivity index (χ4n) is 2.18. The van der Waals surface area contributed by atoms with E-state index in [0.29, 0.717) is 0 Å². The van der Waals surface area contributed by atoms with Crippen LogP contribution in [-0.4, -0.2) is 13.3 Å². The van der Waals surface area contributed by atoms with E-state index < -0.39 is 0 Å². The Bertz CT molecular complexity index is 525. The Hall–Kier alpha value is -1.32. The van der Waals surface area contributed by atoms with Gasteiger partial charge in [-0.25, -0.2) is 4.39 Å². The van der Waals surface area contributed by atoms with Crippen molar-refractivity contribution in [2.45, 2.75) is 17.4 Å². The summed E-state index contributed by atoms with van der Waals surface area (Å²) >= 11 is 1.75. The van der Waals surface area contributed by atoms with Crippen molar-refractivity contribution in [2.75, 3.05) is 13.3 Å². The largest absolute Gasteiger partial charge is 0.313 e. The molecule has 0 aliphatic rings. The second kappa shape index (κ2) is 6.73. The quantitative estimate of drug-likeness (QED) is 0.826. The third kappa shape index (κ3) is 3.58. The fourth-order valence-corrected chi connectivity index (χ4v) is 2.84. The van der Waals surface area contributed by atoms with Crippen molar-refractivity contribution in [1.82, 2.24) is 5.32 Å². The highest BCUT2D eigenvalue weighted by Crippen LogP contribution is 2.27. The van der Waals surface area contributed by atoms with Gasteiger partial charge in [0.2, 0.25) is 0 Å². The van der Waals surface area contributed by atoms with Gasteiger partial charge in [0, 0.05) is 10.9 Å². The topological polar surface area (TPSA) is 12.0 Å². The minimum atomic E-state index is -0.186.